The minimum absolute atomic E-state index is 0.0447. The van der Waals surface area contributed by atoms with Gasteiger partial charge in [0.2, 0.25) is 0 Å². The summed E-state index contributed by atoms with van der Waals surface area (Å²) in [7, 11) is 0. The van der Waals surface area contributed by atoms with Gasteiger partial charge in [-0.15, -0.1) is 6.58 Å². The van der Waals surface area contributed by atoms with Crippen molar-refractivity contribution in [2.24, 2.45) is 0 Å². The molecular formula is C23H22Br2N2O2. The average Bonchev–Trinajstić information content (AvgIpc) is 2.66. The first kappa shape index (κ1) is 22.9. The third-order valence-electron chi connectivity index (χ3n) is 3.90. The van der Waals surface area contributed by atoms with Crippen LogP contribution in [0.1, 0.15) is 30.5 Å². The molecule has 6 heteroatoms. The molecule has 0 heterocycles. The van der Waals surface area contributed by atoms with E-state index in [0.717, 1.165) is 31.4 Å². The molecule has 1 N–H and O–H groups in total. The summed E-state index contributed by atoms with van der Waals surface area (Å²) >= 11 is 6.99. The van der Waals surface area contributed by atoms with Gasteiger partial charge in [-0.2, -0.15) is 5.26 Å². The highest BCUT2D eigenvalue weighted by molar-refractivity contribution is 9.10. The number of hydrogen-bond donors (Lipinski definition) is 1. The molecule has 0 atom stereocenters. The van der Waals surface area contributed by atoms with Crippen molar-refractivity contribution in [2.75, 3.05) is 0 Å². The minimum Gasteiger partial charge on any atom is -0.487 e. The number of nitrogens with one attached hydrogen (secondary N) is 1. The Labute approximate surface area is 188 Å². The van der Waals surface area contributed by atoms with Crippen LogP contribution in [-0.4, -0.2) is 11.9 Å². The van der Waals surface area contributed by atoms with Crippen LogP contribution in [0.15, 0.2) is 63.6 Å². The highest BCUT2D eigenvalue weighted by Crippen LogP contribution is 2.33. The Morgan fingerprint density at radius 3 is 2.55 bits per heavy atom. The van der Waals surface area contributed by atoms with Crippen molar-refractivity contribution in [3.63, 3.8) is 0 Å². The van der Waals surface area contributed by atoms with Gasteiger partial charge < -0.3 is 10.1 Å². The number of carbonyl (C=O) groups is 1. The number of benzene rings is 2. The maximum absolute atomic E-state index is 12.2. The third-order valence-corrected chi connectivity index (χ3v) is 5.02. The first-order chi connectivity index (χ1) is 13.8. The molecule has 0 aliphatic rings. The van der Waals surface area contributed by atoms with E-state index in [-0.39, 0.29) is 17.5 Å². The molecule has 0 unspecified atom stereocenters. The van der Waals surface area contributed by atoms with Crippen molar-refractivity contribution >= 4 is 43.8 Å². The lowest BCUT2D eigenvalue weighted by Gasteiger charge is -2.14. The molecule has 0 radical (unpaired) electrons. The molecule has 0 saturated carbocycles. The number of nitriles is 1. The molecule has 0 aliphatic carbocycles. The number of carbonyl (C=O) groups excluding carboxylic acids is 1. The molecular weight excluding hydrogens is 496 g/mol. The number of nitrogens with zero attached hydrogens (tertiary/aromatic N) is 1. The zero-order chi connectivity index (χ0) is 21.4. The van der Waals surface area contributed by atoms with E-state index in [0.29, 0.717) is 13.0 Å². The number of hydrogen-bond acceptors (Lipinski definition) is 3. The van der Waals surface area contributed by atoms with Crippen LogP contribution in [0.2, 0.25) is 0 Å². The average molecular weight is 518 g/mol. The van der Waals surface area contributed by atoms with Gasteiger partial charge in [-0.05, 0) is 83.2 Å². The van der Waals surface area contributed by atoms with E-state index >= 15 is 0 Å². The molecule has 4 nitrogen and oxygen atoms in total. The summed E-state index contributed by atoms with van der Waals surface area (Å²) < 4.78 is 7.82. The third kappa shape index (κ3) is 6.88. The van der Waals surface area contributed by atoms with Crippen LogP contribution < -0.4 is 10.1 Å². The van der Waals surface area contributed by atoms with E-state index in [9.17, 15) is 10.1 Å². The topological polar surface area (TPSA) is 62.1 Å². The van der Waals surface area contributed by atoms with Gasteiger partial charge in [-0.1, -0.05) is 34.1 Å². The molecule has 29 heavy (non-hydrogen) atoms. The Hall–Kier alpha value is -2.36. The first-order valence-corrected chi connectivity index (χ1v) is 10.7. The molecule has 2 aromatic carbocycles. The van der Waals surface area contributed by atoms with Crippen molar-refractivity contribution in [1.82, 2.24) is 5.32 Å². The number of amides is 1. The second kappa shape index (κ2) is 11.0. The van der Waals surface area contributed by atoms with E-state index in [1.165, 1.54) is 0 Å². The highest BCUT2D eigenvalue weighted by atomic mass is 79.9. The lowest BCUT2D eigenvalue weighted by molar-refractivity contribution is -0.117. The van der Waals surface area contributed by atoms with E-state index in [4.69, 9.17) is 4.74 Å². The van der Waals surface area contributed by atoms with Crippen LogP contribution >= 0.6 is 31.9 Å². The predicted octanol–water partition coefficient (Wildman–Crippen LogP) is 5.95. The van der Waals surface area contributed by atoms with Gasteiger partial charge >= 0.3 is 0 Å². The minimum atomic E-state index is -0.389. The van der Waals surface area contributed by atoms with Crippen molar-refractivity contribution in [2.45, 2.75) is 32.9 Å². The Balaban J connectivity index is 2.32. The summed E-state index contributed by atoms with van der Waals surface area (Å²) in [6.45, 7) is 7.94. The van der Waals surface area contributed by atoms with Crippen LogP contribution in [0, 0.1) is 11.3 Å². The molecule has 2 rings (SSSR count). The van der Waals surface area contributed by atoms with Crippen LogP contribution in [0.4, 0.5) is 0 Å². The maximum atomic E-state index is 12.2. The molecule has 0 spiro atoms. The summed E-state index contributed by atoms with van der Waals surface area (Å²) in [6.07, 6.45) is 3.96. The second-order valence-corrected chi connectivity index (χ2v) is 8.47. The fourth-order valence-electron chi connectivity index (χ4n) is 2.62. The first-order valence-electron chi connectivity index (χ1n) is 9.07. The van der Waals surface area contributed by atoms with Crippen molar-refractivity contribution in [1.29, 1.82) is 5.26 Å². The Kier molecular flexibility index (Phi) is 8.69. The summed E-state index contributed by atoms with van der Waals surface area (Å²) in [4.78, 5) is 12.2. The number of halogens is 2. The molecule has 1 amide bonds. The van der Waals surface area contributed by atoms with E-state index in [1.54, 1.807) is 12.2 Å². The molecule has 0 aromatic heterocycles. The summed E-state index contributed by atoms with van der Waals surface area (Å²) in [5, 5.41) is 12.1. The van der Waals surface area contributed by atoms with Crippen LogP contribution in [-0.2, 0) is 17.8 Å². The second-order valence-electron chi connectivity index (χ2n) is 6.70. The predicted molar refractivity (Wildman–Crippen MR) is 123 cm³/mol. The van der Waals surface area contributed by atoms with Gasteiger partial charge in [0.1, 0.15) is 24.0 Å². The number of ether oxygens (including phenoxy) is 1. The van der Waals surface area contributed by atoms with E-state index in [1.807, 2.05) is 56.3 Å². The zero-order valence-corrected chi connectivity index (χ0v) is 19.5. The molecule has 0 saturated heterocycles. The van der Waals surface area contributed by atoms with Gasteiger partial charge in [0, 0.05) is 10.5 Å². The van der Waals surface area contributed by atoms with Gasteiger partial charge in [0.25, 0.3) is 5.91 Å². The van der Waals surface area contributed by atoms with Gasteiger partial charge in [-0.25, -0.2) is 0 Å². The fourth-order valence-corrected chi connectivity index (χ4v) is 3.51. The van der Waals surface area contributed by atoms with Gasteiger partial charge in [0.05, 0.1) is 4.47 Å². The number of rotatable bonds is 8. The highest BCUT2D eigenvalue weighted by Gasteiger charge is 2.13. The maximum Gasteiger partial charge on any atom is 0.262 e. The molecule has 0 bridgehead atoms. The van der Waals surface area contributed by atoms with Gasteiger partial charge in [0.15, 0.2) is 0 Å². The van der Waals surface area contributed by atoms with Crippen molar-refractivity contribution < 1.29 is 9.53 Å². The normalized spacial score (nSPS) is 11.1. The summed E-state index contributed by atoms with van der Waals surface area (Å²) in [5.74, 6) is 0.328. The summed E-state index contributed by atoms with van der Waals surface area (Å²) in [5.41, 5.74) is 2.75. The molecule has 150 valence electrons. The monoisotopic (exact) mass is 516 g/mol. The van der Waals surface area contributed by atoms with Crippen molar-refractivity contribution in [3.05, 3.63) is 80.3 Å². The Morgan fingerprint density at radius 2 is 1.97 bits per heavy atom. The largest absolute Gasteiger partial charge is 0.487 e. The fraction of sp³-hybridized carbons (Fsp3) is 0.217. The quantitative estimate of drug-likeness (QED) is 0.267. The standard InChI is InChI=1S/C23H22Br2N2O2/c1-4-5-18-10-17(11-19(13-26)23(28)27-15(2)3)12-21(25)22(18)29-14-16-6-8-20(24)9-7-16/h4,6-12,15H,1,5,14H2,2-3H3,(H,27,28)/b19-11-. The van der Waals surface area contributed by atoms with E-state index in [2.05, 4.69) is 43.8 Å². The Bertz CT molecular complexity index is 958. The van der Waals surface area contributed by atoms with E-state index < -0.39 is 0 Å². The van der Waals surface area contributed by atoms with Crippen LogP contribution in [0.25, 0.3) is 6.08 Å². The van der Waals surface area contributed by atoms with Crippen LogP contribution in [0.3, 0.4) is 0 Å². The zero-order valence-electron chi connectivity index (χ0n) is 16.3. The van der Waals surface area contributed by atoms with Gasteiger partial charge in [-0.3, -0.25) is 4.79 Å². The Morgan fingerprint density at radius 1 is 1.28 bits per heavy atom. The lowest BCUT2D eigenvalue weighted by Crippen LogP contribution is -2.30. The molecule has 0 aliphatic heterocycles. The van der Waals surface area contributed by atoms with Crippen LogP contribution in [0.5, 0.6) is 5.75 Å². The molecule has 2 aromatic rings. The van der Waals surface area contributed by atoms with Crippen molar-refractivity contribution in [3.8, 4) is 11.8 Å². The summed E-state index contributed by atoms with van der Waals surface area (Å²) in [6, 6.07) is 13.6. The number of allylic oxidation sites excluding steroid dienone is 1. The lowest BCUT2D eigenvalue weighted by atomic mass is 10.0. The molecule has 0 fully saturated rings. The smallest absolute Gasteiger partial charge is 0.262 e. The SMILES string of the molecule is C=CCc1cc(/C=C(/C#N)C(=O)NC(C)C)cc(Br)c1OCc1ccc(Br)cc1.